The lowest BCUT2D eigenvalue weighted by Gasteiger charge is -2.20. The smallest absolute Gasteiger partial charge is 0.509 e. The first kappa shape index (κ1) is 18.7. The lowest BCUT2D eigenvalue weighted by Crippen LogP contribution is -2.21. The van der Waals surface area contributed by atoms with Gasteiger partial charge in [-0.1, -0.05) is 0 Å². The summed E-state index contributed by atoms with van der Waals surface area (Å²) in [7, 11) is -3.03. The molecule has 0 saturated carbocycles. The first-order valence-electron chi connectivity index (χ1n) is 7.86. The van der Waals surface area contributed by atoms with Crippen LogP contribution in [-0.2, 0) is 4.65 Å². The molecule has 0 bridgehead atoms. The Morgan fingerprint density at radius 2 is 1.96 bits per heavy atom. The molecule has 2 rings (SSSR count). The van der Waals surface area contributed by atoms with Crippen molar-refractivity contribution in [1.82, 2.24) is 0 Å². The van der Waals surface area contributed by atoms with E-state index in [0.717, 1.165) is 24.9 Å². The third kappa shape index (κ3) is 4.46. The Kier molecular flexibility index (Phi) is 5.95. The van der Waals surface area contributed by atoms with Gasteiger partial charge < -0.3 is 14.0 Å². The van der Waals surface area contributed by atoms with E-state index < -0.39 is 18.9 Å². The van der Waals surface area contributed by atoms with Crippen molar-refractivity contribution >= 4 is 29.9 Å². The number of carbonyl (C=O) groups is 1. The fourth-order valence-corrected chi connectivity index (χ4v) is 2.49. The van der Waals surface area contributed by atoms with Crippen LogP contribution in [0.1, 0.15) is 31.1 Å². The maximum atomic E-state index is 12.1. The summed E-state index contributed by atoms with van der Waals surface area (Å²) in [6.07, 6.45) is 0.842. The largest absolute Gasteiger partial charge is 0.796 e. The average Bonchev–Trinajstić information content (AvgIpc) is 2.54. The summed E-state index contributed by atoms with van der Waals surface area (Å²) in [5, 5.41) is 0.569. The molecule has 0 aliphatic heterocycles. The molecule has 0 unspecified atom stereocenters. The Balaban J connectivity index is 2.41. The second-order valence-electron chi connectivity index (χ2n) is 5.34. The topological polar surface area (TPSA) is 59.8 Å². The van der Waals surface area contributed by atoms with Crippen molar-refractivity contribution in [3.05, 3.63) is 52.1 Å². The number of fused-ring (bicyclic) bond motifs is 1. The highest BCUT2D eigenvalue weighted by Gasteiger charge is 2.19. The van der Waals surface area contributed by atoms with Gasteiger partial charge in [0, 0.05) is 36.3 Å². The Morgan fingerprint density at radius 1 is 1.28 bits per heavy atom. The minimum Gasteiger partial charge on any atom is -0.509 e. The quantitative estimate of drug-likeness (QED) is 0.251. The van der Waals surface area contributed by atoms with Crippen molar-refractivity contribution in [2.24, 2.45) is 0 Å². The molecule has 0 aliphatic rings. The van der Waals surface area contributed by atoms with Gasteiger partial charge in [-0.3, -0.25) is 4.79 Å². The zero-order valence-electron chi connectivity index (χ0n) is 14.2. The normalized spacial score (nSPS) is 11.5. The average molecular weight is 349 g/mol. The Hall–Kier alpha value is -2.64. The van der Waals surface area contributed by atoms with Crippen molar-refractivity contribution < 1.29 is 22.5 Å². The van der Waals surface area contributed by atoms with Crippen LogP contribution in [0.4, 0.5) is 14.3 Å². The Morgan fingerprint density at radius 3 is 2.56 bits per heavy atom. The summed E-state index contributed by atoms with van der Waals surface area (Å²) in [6.45, 7) is 6.85. The molecular formula is C17H18BF2NO4. The molecule has 132 valence electrons. The third-order valence-corrected chi connectivity index (χ3v) is 3.72. The highest BCUT2D eigenvalue weighted by Crippen LogP contribution is 2.22. The van der Waals surface area contributed by atoms with Crippen LogP contribution in [0.15, 0.2) is 45.3 Å². The summed E-state index contributed by atoms with van der Waals surface area (Å²) in [5.74, 6) is -1.03. The van der Waals surface area contributed by atoms with Gasteiger partial charge in [-0.05, 0) is 39.0 Å². The molecule has 5 nitrogen and oxygen atoms in total. The van der Waals surface area contributed by atoms with Gasteiger partial charge in [0.1, 0.15) is 11.1 Å². The Bertz CT molecular complexity index is 859. The van der Waals surface area contributed by atoms with E-state index in [2.05, 4.69) is 9.55 Å². The second-order valence-corrected chi connectivity index (χ2v) is 5.34. The number of hydrogen-bond donors (Lipinski definition) is 0. The number of benzene rings is 1. The zero-order chi connectivity index (χ0) is 18.6. The van der Waals surface area contributed by atoms with Crippen molar-refractivity contribution in [3.8, 4) is 0 Å². The van der Waals surface area contributed by atoms with Gasteiger partial charge in [0.25, 0.3) is 0 Å². The van der Waals surface area contributed by atoms with Crippen molar-refractivity contribution in [2.75, 3.05) is 18.0 Å². The first-order chi connectivity index (χ1) is 11.8. The number of ketones is 1. The van der Waals surface area contributed by atoms with Gasteiger partial charge in [-0.25, -0.2) is 13.4 Å². The van der Waals surface area contributed by atoms with Gasteiger partial charge in [-0.15, -0.1) is 0 Å². The monoisotopic (exact) mass is 349 g/mol. The van der Waals surface area contributed by atoms with Crippen molar-refractivity contribution in [1.29, 1.82) is 0 Å². The van der Waals surface area contributed by atoms with E-state index in [1.807, 2.05) is 19.9 Å². The molecule has 25 heavy (non-hydrogen) atoms. The van der Waals surface area contributed by atoms with Crippen LogP contribution in [0.5, 0.6) is 0 Å². The molecule has 1 aromatic carbocycles. The second kappa shape index (κ2) is 7.96. The number of hydrogen-bond acceptors (Lipinski definition) is 5. The number of halogens is 2. The third-order valence-electron chi connectivity index (χ3n) is 3.72. The van der Waals surface area contributed by atoms with E-state index >= 15 is 0 Å². The number of anilines is 1. The van der Waals surface area contributed by atoms with Crippen LogP contribution in [0, 0.1) is 0 Å². The summed E-state index contributed by atoms with van der Waals surface area (Å²) in [4.78, 5) is 26.3. The molecule has 0 saturated heterocycles. The molecule has 0 aliphatic carbocycles. The van der Waals surface area contributed by atoms with Crippen LogP contribution in [0.25, 0.3) is 11.0 Å². The summed E-state index contributed by atoms with van der Waals surface area (Å²) < 4.78 is 33.6. The van der Waals surface area contributed by atoms with Crippen LogP contribution in [0.2, 0.25) is 0 Å². The molecule has 2 aromatic rings. The molecule has 0 atom stereocenters. The highest BCUT2D eigenvalue weighted by molar-refractivity contribution is 6.34. The van der Waals surface area contributed by atoms with E-state index in [9.17, 15) is 18.2 Å². The SMILES string of the molecule is CCN(CC)c1ccc2cc(C(=O)C=C(C)OB(F)F)c(=O)oc2c1. The van der Waals surface area contributed by atoms with E-state index in [1.165, 1.54) is 13.0 Å². The number of carbonyl (C=O) groups excluding carboxylic acids is 1. The summed E-state index contributed by atoms with van der Waals surface area (Å²) >= 11 is 0. The van der Waals surface area contributed by atoms with Crippen LogP contribution >= 0.6 is 0 Å². The van der Waals surface area contributed by atoms with Gasteiger partial charge >= 0.3 is 13.1 Å². The first-order valence-corrected chi connectivity index (χ1v) is 7.86. The standard InChI is InChI=1S/C17H18BF2NO4/c1-4-21(5-2)13-7-6-12-9-14(17(23)24-16(12)10-13)15(22)8-11(3)25-18(19)20/h6-10H,4-5H2,1-3H3. The van der Waals surface area contributed by atoms with Gasteiger partial charge in [0.05, 0.1) is 5.76 Å². The number of nitrogens with zero attached hydrogens (tertiary/aromatic N) is 1. The molecule has 8 heteroatoms. The number of rotatable bonds is 7. The molecule has 0 amide bonds. The summed E-state index contributed by atoms with van der Waals surface area (Å²) in [6, 6.07) is 6.74. The van der Waals surface area contributed by atoms with Crippen LogP contribution in [0.3, 0.4) is 0 Å². The predicted octanol–water partition coefficient (Wildman–Crippen LogP) is 3.67. The van der Waals surface area contributed by atoms with E-state index in [1.54, 1.807) is 12.1 Å². The molecular weight excluding hydrogens is 331 g/mol. The highest BCUT2D eigenvalue weighted by atomic mass is 19.2. The lowest BCUT2D eigenvalue weighted by molar-refractivity contribution is 0.104. The van der Waals surface area contributed by atoms with E-state index in [0.29, 0.717) is 11.0 Å². The molecule has 0 fully saturated rings. The van der Waals surface area contributed by atoms with Gasteiger partial charge in [0.15, 0.2) is 5.78 Å². The summed E-state index contributed by atoms with van der Waals surface area (Å²) in [5.41, 5.74) is 0.201. The minimum absolute atomic E-state index is 0.236. The maximum Gasteiger partial charge on any atom is 0.796 e. The van der Waals surface area contributed by atoms with E-state index in [4.69, 9.17) is 4.42 Å². The minimum atomic E-state index is -3.03. The van der Waals surface area contributed by atoms with Gasteiger partial charge in [-0.2, -0.15) is 0 Å². The number of allylic oxidation sites excluding steroid dienone is 2. The molecule has 0 N–H and O–H groups in total. The predicted molar refractivity (Wildman–Crippen MR) is 93.2 cm³/mol. The van der Waals surface area contributed by atoms with E-state index in [-0.39, 0.29) is 11.3 Å². The molecule has 0 radical (unpaired) electrons. The molecule has 1 aromatic heterocycles. The van der Waals surface area contributed by atoms with Crippen molar-refractivity contribution in [2.45, 2.75) is 20.8 Å². The maximum absolute atomic E-state index is 12.1. The Labute approximate surface area is 144 Å². The lowest BCUT2D eigenvalue weighted by atomic mass is 10.1. The molecule has 0 spiro atoms. The van der Waals surface area contributed by atoms with Crippen LogP contribution in [-0.4, -0.2) is 26.3 Å². The fraction of sp³-hybridized carbons (Fsp3) is 0.294. The molecule has 1 heterocycles. The zero-order valence-corrected chi connectivity index (χ0v) is 14.2. The van der Waals surface area contributed by atoms with Crippen LogP contribution < -0.4 is 10.5 Å². The van der Waals surface area contributed by atoms with Crippen molar-refractivity contribution in [3.63, 3.8) is 0 Å². The fourth-order valence-electron chi connectivity index (χ4n) is 2.49. The van der Waals surface area contributed by atoms with Gasteiger partial charge in [0.2, 0.25) is 0 Å².